The lowest BCUT2D eigenvalue weighted by atomic mass is 9.44. The average molecular weight is 431 g/mol. The molecule has 174 valence electrons. The van der Waals surface area contributed by atoms with Crippen LogP contribution in [-0.2, 0) is 14.3 Å². The molecule has 2 aliphatic heterocycles. The fraction of sp³-hybridized carbons (Fsp3) is 0.963. The molecule has 4 saturated carbocycles. The Bertz CT molecular complexity index is 756. The first kappa shape index (κ1) is 21.1. The van der Waals surface area contributed by atoms with Gasteiger partial charge in [0.2, 0.25) is 0 Å². The molecule has 1 spiro atoms. The summed E-state index contributed by atoms with van der Waals surface area (Å²) in [6.45, 7) is 10.1. The van der Waals surface area contributed by atoms with E-state index in [1.807, 2.05) is 0 Å². The van der Waals surface area contributed by atoms with Gasteiger partial charge in [0.25, 0.3) is 0 Å². The summed E-state index contributed by atoms with van der Waals surface area (Å²) in [5, 5.41) is 10.3. The van der Waals surface area contributed by atoms with Gasteiger partial charge in [-0.15, -0.1) is 0 Å². The van der Waals surface area contributed by atoms with Gasteiger partial charge in [0.15, 0.2) is 5.79 Å². The Morgan fingerprint density at radius 3 is 2.55 bits per heavy atom. The van der Waals surface area contributed by atoms with Crippen molar-refractivity contribution < 1.29 is 19.4 Å². The van der Waals surface area contributed by atoms with Crippen LogP contribution in [0.15, 0.2) is 0 Å². The van der Waals surface area contributed by atoms with Crippen LogP contribution in [0.2, 0.25) is 0 Å². The van der Waals surface area contributed by atoms with Crippen molar-refractivity contribution in [1.82, 2.24) is 0 Å². The molecule has 4 aliphatic carbocycles. The first-order chi connectivity index (χ1) is 14.7. The minimum atomic E-state index is -0.448. The SMILES string of the molecule is C[C@H]1CC[C@@]2(OC1)O[C@H]1C[C@H]3[C@@H]4CC[C@H]5C[C@H](O)CC[C@]5(C)[C@H]4CC(=O)[C@]3(C)[C@H]1[C@@H]2C. The Labute approximate surface area is 187 Å². The Morgan fingerprint density at radius 1 is 1.00 bits per heavy atom. The summed E-state index contributed by atoms with van der Waals surface area (Å²) < 4.78 is 13.2. The topological polar surface area (TPSA) is 55.8 Å². The summed E-state index contributed by atoms with van der Waals surface area (Å²) in [6, 6.07) is 0. The van der Waals surface area contributed by atoms with Gasteiger partial charge in [0.05, 0.1) is 18.8 Å². The maximum Gasteiger partial charge on any atom is 0.171 e. The summed E-state index contributed by atoms with van der Waals surface area (Å²) >= 11 is 0. The largest absolute Gasteiger partial charge is 0.393 e. The molecule has 12 atom stereocenters. The number of ether oxygens (including phenoxy) is 2. The molecule has 6 aliphatic rings. The molecule has 1 N–H and O–H groups in total. The zero-order valence-corrected chi connectivity index (χ0v) is 19.9. The van der Waals surface area contributed by atoms with Crippen molar-refractivity contribution >= 4 is 5.78 Å². The lowest BCUT2D eigenvalue weighted by molar-refractivity contribution is -0.272. The molecular formula is C27H42O4. The number of carbonyl (C=O) groups is 1. The summed E-state index contributed by atoms with van der Waals surface area (Å²) in [7, 11) is 0. The maximum atomic E-state index is 14.0. The quantitative estimate of drug-likeness (QED) is 0.589. The second kappa shape index (κ2) is 6.79. The number of Topliss-reactive ketones (excluding diaryl/α,β-unsaturated/α-hetero) is 1. The van der Waals surface area contributed by atoms with Crippen LogP contribution in [0.1, 0.15) is 85.5 Å². The predicted molar refractivity (Wildman–Crippen MR) is 118 cm³/mol. The third-order valence-electron chi connectivity index (χ3n) is 11.8. The van der Waals surface area contributed by atoms with Crippen molar-refractivity contribution in [2.75, 3.05) is 6.61 Å². The number of hydrogen-bond donors (Lipinski definition) is 1. The predicted octanol–water partition coefficient (Wildman–Crippen LogP) is 4.97. The maximum absolute atomic E-state index is 14.0. The monoisotopic (exact) mass is 430 g/mol. The molecule has 0 amide bonds. The lowest BCUT2D eigenvalue weighted by Gasteiger charge is -2.60. The van der Waals surface area contributed by atoms with Crippen LogP contribution >= 0.6 is 0 Å². The fourth-order valence-corrected chi connectivity index (χ4v) is 9.93. The van der Waals surface area contributed by atoms with E-state index in [0.29, 0.717) is 41.3 Å². The van der Waals surface area contributed by atoms with Crippen molar-refractivity contribution in [1.29, 1.82) is 0 Å². The Balaban J connectivity index is 1.30. The van der Waals surface area contributed by atoms with E-state index in [9.17, 15) is 9.90 Å². The summed E-state index contributed by atoms with van der Waals surface area (Å²) in [5.41, 5.74) is -0.0221. The fourth-order valence-electron chi connectivity index (χ4n) is 9.93. The van der Waals surface area contributed by atoms with Crippen molar-refractivity contribution in [2.45, 2.75) is 103 Å². The number of rotatable bonds is 0. The molecule has 6 rings (SSSR count). The van der Waals surface area contributed by atoms with Gasteiger partial charge in [-0.25, -0.2) is 0 Å². The van der Waals surface area contributed by atoms with E-state index in [0.717, 1.165) is 51.6 Å². The number of aliphatic hydroxyl groups is 1. The highest BCUT2D eigenvalue weighted by atomic mass is 16.7. The van der Waals surface area contributed by atoms with Gasteiger partial charge in [-0.05, 0) is 80.0 Å². The van der Waals surface area contributed by atoms with E-state index in [4.69, 9.17) is 9.47 Å². The third kappa shape index (κ3) is 2.68. The second-order valence-corrected chi connectivity index (χ2v) is 13.0. The Hall–Kier alpha value is -0.450. The van der Waals surface area contributed by atoms with Crippen LogP contribution in [0.3, 0.4) is 0 Å². The highest BCUT2D eigenvalue weighted by molar-refractivity contribution is 5.87. The molecule has 2 saturated heterocycles. The zero-order valence-electron chi connectivity index (χ0n) is 19.9. The normalized spacial score (nSPS) is 60.9. The van der Waals surface area contributed by atoms with Gasteiger partial charge in [-0.3, -0.25) is 4.79 Å². The molecule has 0 aromatic rings. The first-order valence-electron chi connectivity index (χ1n) is 13.2. The van der Waals surface area contributed by atoms with E-state index < -0.39 is 5.79 Å². The summed E-state index contributed by atoms with van der Waals surface area (Å²) in [5.74, 6) is 3.45. The first-order valence-corrected chi connectivity index (χ1v) is 13.2. The number of fused-ring (bicyclic) bond motifs is 7. The van der Waals surface area contributed by atoms with E-state index in [1.54, 1.807) is 0 Å². The van der Waals surface area contributed by atoms with Crippen molar-refractivity contribution in [3.63, 3.8) is 0 Å². The number of ketones is 1. The van der Waals surface area contributed by atoms with Crippen LogP contribution in [0.25, 0.3) is 0 Å². The molecule has 6 fully saturated rings. The smallest absolute Gasteiger partial charge is 0.171 e. The minimum Gasteiger partial charge on any atom is -0.393 e. The molecule has 4 nitrogen and oxygen atoms in total. The summed E-state index contributed by atoms with van der Waals surface area (Å²) in [6.07, 6.45) is 9.39. The number of aliphatic hydroxyl groups excluding tert-OH is 1. The van der Waals surface area contributed by atoms with Gasteiger partial charge >= 0.3 is 0 Å². The minimum absolute atomic E-state index is 0.131. The Kier molecular flexibility index (Phi) is 4.62. The molecule has 0 aromatic carbocycles. The van der Waals surface area contributed by atoms with Crippen LogP contribution in [0, 0.1) is 52.3 Å². The molecule has 2 heterocycles. The molecule has 0 bridgehead atoms. The van der Waals surface area contributed by atoms with Crippen molar-refractivity contribution in [3.8, 4) is 0 Å². The van der Waals surface area contributed by atoms with Crippen molar-refractivity contribution in [3.05, 3.63) is 0 Å². The van der Waals surface area contributed by atoms with Gasteiger partial charge in [0, 0.05) is 30.1 Å². The highest BCUT2D eigenvalue weighted by Gasteiger charge is 2.71. The zero-order chi connectivity index (χ0) is 21.8. The molecule has 4 heteroatoms. The molecular weight excluding hydrogens is 388 g/mol. The average Bonchev–Trinajstić information content (AvgIpc) is 3.18. The van der Waals surface area contributed by atoms with Crippen LogP contribution < -0.4 is 0 Å². The van der Waals surface area contributed by atoms with Crippen LogP contribution in [-0.4, -0.2) is 35.5 Å². The van der Waals surface area contributed by atoms with Gasteiger partial charge in [0.1, 0.15) is 5.78 Å². The van der Waals surface area contributed by atoms with E-state index in [1.165, 1.54) is 12.8 Å². The summed E-state index contributed by atoms with van der Waals surface area (Å²) in [4.78, 5) is 14.0. The molecule has 0 unspecified atom stereocenters. The van der Waals surface area contributed by atoms with Gasteiger partial charge in [-0.1, -0.05) is 27.7 Å². The number of hydrogen-bond acceptors (Lipinski definition) is 4. The Morgan fingerprint density at radius 2 is 1.81 bits per heavy atom. The second-order valence-electron chi connectivity index (χ2n) is 13.0. The highest BCUT2D eigenvalue weighted by Crippen LogP contribution is 2.70. The number of carbonyl (C=O) groups excluding carboxylic acids is 1. The third-order valence-corrected chi connectivity index (χ3v) is 11.8. The molecule has 31 heavy (non-hydrogen) atoms. The van der Waals surface area contributed by atoms with Gasteiger partial charge in [-0.2, -0.15) is 0 Å². The van der Waals surface area contributed by atoms with Crippen molar-refractivity contribution in [2.24, 2.45) is 52.3 Å². The van der Waals surface area contributed by atoms with E-state index in [-0.39, 0.29) is 29.0 Å². The lowest BCUT2D eigenvalue weighted by Crippen LogP contribution is -2.58. The van der Waals surface area contributed by atoms with Crippen LogP contribution in [0.5, 0.6) is 0 Å². The molecule has 0 radical (unpaired) electrons. The van der Waals surface area contributed by atoms with E-state index >= 15 is 0 Å². The van der Waals surface area contributed by atoms with E-state index in [2.05, 4.69) is 27.7 Å². The molecule has 0 aromatic heterocycles. The van der Waals surface area contributed by atoms with Crippen LogP contribution in [0.4, 0.5) is 0 Å². The van der Waals surface area contributed by atoms with Gasteiger partial charge < -0.3 is 14.6 Å². The standard InChI is InChI=1S/C27H42O4/c1-15-7-10-27(30-14-15)16(2)24-22(31-27)12-21-19-6-5-17-11-18(28)8-9-25(17,3)20(19)13-23(29)26(21,24)4/h15-22,24,28H,5-14H2,1-4H3/t15-,16-,17-,18+,19+,20-,21-,22-,24-,25-,26+,27+/m0/s1.